The van der Waals surface area contributed by atoms with Gasteiger partial charge < -0.3 is 15.4 Å². The molecule has 0 radical (unpaired) electrons. The molecule has 2 heterocycles. The molecule has 1 atom stereocenters. The highest BCUT2D eigenvalue weighted by atomic mass is 16.5. The average molecular weight is 372 g/mol. The van der Waals surface area contributed by atoms with Crippen LogP contribution in [0.15, 0.2) is 41.6 Å². The minimum Gasteiger partial charge on any atom is -0.463 e. The lowest BCUT2D eigenvalue weighted by Gasteiger charge is -2.36. The van der Waals surface area contributed by atoms with Gasteiger partial charge in [0.15, 0.2) is 0 Å². The first-order chi connectivity index (χ1) is 13.1. The highest BCUT2D eigenvalue weighted by molar-refractivity contribution is 5.94. The number of amides is 2. The molecule has 0 spiro atoms. The van der Waals surface area contributed by atoms with Crippen molar-refractivity contribution in [1.82, 2.24) is 20.4 Å². The molecule has 2 aliphatic rings. The maximum atomic E-state index is 12.3. The van der Waals surface area contributed by atoms with Crippen molar-refractivity contribution in [2.75, 3.05) is 39.3 Å². The fourth-order valence-electron chi connectivity index (χ4n) is 3.57. The van der Waals surface area contributed by atoms with Crippen molar-refractivity contribution in [3.8, 4) is 0 Å². The normalized spacial score (nSPS) is 21.6. The minimum absolute atomic E-state index is 0.270. The van der Waals surface area contributed by atoms with E-state index in [0.717, 1.165) is 32.7 Å². The number of piperazine rings is 1. The van der Waals surface area contributed by atoms with E-state index in [0.29, 0.717) is 24.4 Å². The predicted octanol–water partition coefficient (Wildman–Crippen LogP) is 1.32. The maximum Gasteiger partial charge on any atom is 0.337 e. The number of ether oxygens (including phenoxy) is 1. The molecule has 146 valence electrons. The molecule has 0 bridgehead atoms. The summed E-state index contributed by atoms with van der Waals surface area (Å²) in [6.07, 6.45) is 0. The zero-order chi connectivity index (χ0) is 19.2. The van der Waals surface area contributed by atoms with Crippen LogP contribution in [0, 0.1) is 0 Å². The van der Waals surface area contributed by atoms with Crippen molar-refractivity contribution in [2.45, 2.75) is 26.4 Å². The van der Waals surface area contributed by atoms with Crippen molar-refractivity contribution < 1.29 is 14.3 Å². The fraction of sp³-hybridized carbons (Fsp3) is 0.500. The Kier molecular flexibility index (Phi) is 6.47. The number of hydrogen-bond acceptors (Lipinski definition) is 5. The van der Waals surface area contributed by atoms with E-state index in [1.807, 2.05) is 13.0 Å². The first kappa shape index (κ1) is 19.4. The molecule has 2 aliphatic heterocycles. The van der Waals surface area contributed by atoms with Crippen molar-refractivity contribution >= 4 is 12.0 Å². The molecule has 7 heteroatoms. The lowest BCUT2D eigenvalue weighted by molar-refractivity contribution is -0.139. The first-order valence-corrected chi connectivity index (χ1v) is 9.53. The van der Waals surface area contributed by atoms with Gasteiger partial charge in [0, 0.05) is 45.0 Å². The molecule has 0 aromatic heterocycles. The van der Waals surface area contributed by atoms with E-state index in [2.05, 4.69) is 44.7 Å². The van der Waals surface area contributed by atoms with E-state index in [-0.39, 0.29) is 18.0 Å². The number of nitrogens with zero attached hydrogens (tertiary/aromatic N) is 2. The van der Waals surface area contributed by atoms with Crippen molar-refractivity contribution in [1.29, 1.82) is 0 Å². The van der Waals surface area contributed by atoms with Gasteiger partial charge in [-0.1, -0.05) is 30.3 Å². The SMILES string of the molecule is CCOC(=O)C1=C(CN2CCN(Cc3ccccc3)CC2)NC(=O)N[C@H]1C. The van der Waals surface area contributed by atoms with Crippen LogP contribution in [-0.2, 0) is 16.1 Å². The van der Waals surface area contributed by atoms with Gasteiger partial charge in [-0.3, -0.25) is 9.80 Å². The van der Waals surface area contributed by atoms with Gasteiger partial charge in [-0.25, -0.2) is 9.59 Å². The molecular formula is C20H28N4O3. The zero-order valence-corrected chi connectivity index (χ0v) is 16.0. The van der Waals surface area contributed by atoms with Gasteiger partial charge in [0.2, 0.25) is 0 Å². The van der Waals surface area contributed by atoms with E-state index in [1.54, 1.807) is 6.92 Å². The van der Waals surface area contributed by atoms with Gasteiger partial charge in [-0.15, -0.1) is 0 Å². The van der Waals surface area contributed by atoms with Crippen LogP contribution in [0.2, 0.25) is 0 Å². The molecule has 1 saturated heterocycles. The molecule has 2 N–H and O–H groups in total. The summed E-state index contributed by atoms with van der Waals surface area (Å²) < 4.78 is 5.18. The van der Waals surface area contributed by atoms with Gasteiger partial charge in [0.05, 0.1) is 18.2 Å². The Morgan fingerprint density at radius 1 is 1.11 bits per heavy atom. The zero-order valence-electron chi connectivity index (χ0n) is 16.0. The van der Waals surface area contributed by atoms with E-state index in [4.69, 9.17) is 4.74 Å². The van der Waals surface area contributed by atoms with Gasteiger partial charge in [-0.2, -0.15) is 0 Å². The Morgan fingerprint density at radius 2 is 1.74 bits per heavy atom. The molecule has 2 amide bonds. The van der Waals surface area contributed by atoms with Gasteiger partial charge in [0.25, 0.3) is 0 Å². The lowest BCUT2D eigenvalue weighted by atomic mass is 10.0. The van der Waals surface area contributed by atoms with Crippen molar-refractivity contribution in [3.05, 3.63) is 47.2 Å². The van der Waals surface area contributed by atoms with Crippen LogP contribution in [0.25, 0.3) is 0 Å². The molecule has 3 rings (SSSR count). The van der Waals surface area contributed by atoms with Crippen LogP contribution in [-0.4, -0.2) is 67.2 Å². The Balaban J connectivity index is 1.61. The van der Waals surface area contributed by atoms with Gasteiger partial charge >= 0.3 is 12.0 Å². The lowest BCUT2D eigenvalue weighted by Crippen LogP contribution is -2.53. The van der Waals surface area contributed by atoms with E-state index in [1.165, 1.54) is 5.56 Å². The van der Waals surface area contributed by atoms with E-state index >= 15 is 0 Å². The van der Waals surface area contributed by atoms with Crippen molar-refractivity contribution in [3.63, 3.8) is 0 Å². The summed E-state index contributed by atoms with van der Waals surface area (Å²) in [5.41, 5.74) is 2.49. The summed E-state index contributed by atoms with van der Waals surface area (Å²) in [7, 11) is 0. The second-order valence-corrected chi connectivity index (χ2v) is 6.97. The Labute approximate surface area is 160 Å². The molecule has 1 aromatic carbocycles. The largest absolute Gasteiger partial charge is 0.463 e. The summed E-state index contributed by atoms with van der Waals surface area (Å²) in [5, 5.41) is 5.54. The second-order valence-electron chi connectivity index (χ2n) is 6.97. The molecule has 0 unspecified atom stereocenters. The summed E-state index contributed by atoms with van der Waals surface area (Å²) in [5.74, 6) is -0.366. The minimum atomic E-state index is -0.366. The summed E-state index contributed by atoms with van der Waals surface area (Å²) in [4.78, 5) is 28.9. The third-order valence-electron chi connectivity index (χ3n) is 4.96. The topological polar surface area (TPSA) is 73.9 Å². The number of hydrogen-bond donors (Lipinski definition) is 2. The van der Waals surface area contributed by atoms with Crippen LogP contribution in [0.3, 0.4) is 0 Å². The molecule has 1 fully saturated rings. The third kappa shape index (κ3) is 5.08. The van der Waals surface area contributed by atoms with Crippen LogP contribution in [0.1, 0.15) is 19.4 Å². The van der Waals surface area contributed by atoms with Gasteiger partial charge in [0.1, 0.15) is 0 Å². The monoisotopic (exact) mass is 372 g/mol. The Bertz CT molecular complexity index is 696. The molecule has 0 saturated carbocycles. The van der Waals surface area contributed by atoms with Crippen LogP contribution in [0.5, 0.6) is 0 Å². The molecule has 0 aliphatic carbocycles. The number of esters is 1. The van der Waals surface area contributed by atoms with Gasteiger partial charge in [-0.05, 0) is 19.4 Å². The Morgan fingerprint density at radius 3 is 2.37 bits per heavy atom. The average Bonchev–Trinajstić information content (AvgIpc) is 2.64. The predicted molar refractivity (Wildman–Crippen MR) is 103 cm³/mol. The van der Waals surface area contributed by atoms with Crippen LogP contribution in [0.4, 0.5) is 4.79 Å². The number of urea groups is 1. The van der Waals surface area contributed by atoms with E-state index < -0.39 is 0 Å². The molecule has 7 nitrogen and oxygen atoms in total. The first-order valence-electron chi connectivity index (χ1n) is 9.53. The number of benzene rings is 1. The summed E-state index contributed by atoms with van der Waals surface area (Å²) in [6.45, 7) is 9.10. The molecular weight excluding hydrogens is 344 g/mol. The van der Waals surface area contributed by atoms with Crippen LogP contribution < -0.4 is 10.6 Å². The Hall–Kier alpha value is -2.38. The second kappa shape index (κ2) is 9.01. The standard InChI is InChI=1S/C20H28N4O3/c1-3-27-19(25)18-15(2)21-20(26)22-17(18)14-24-11-9-23(10-12-24)13-16-7-5-4-6-8-16/h4-8,15H,3,9-14H2,1-2H3,(H2,21,22,26)/t15-/m0/s1. The maximum absolute atomic E-state index is 12.3. The summed E-state index contributed by atoms with van der Waals surface area (Å²) >= 11 is 0. The smallest absolute Gasteiger partial charge is 0.337 e. The number of rotatable bonds is 6. The van der Waals surface area contributed by atoms with Crippen molar-refractivity contribution in [2.24, 2.45) is 0 Å². The quantitative estimate of drug-likeness (QED) is 0.737. The third-order valence-corrected chi connectivity index (χ3v) is 4.96. The number of carbonyl (C=O) groups excluding carboxylic acids is 2. The highest BCUT2D eigenvalue weighted by Crippen LogP contribution is 2.17. The number of carbonyl (C=O) groups is 2. The van der Waals surface area contributed by atoms with Crippen LogP contribution >= 0.6 is 0 Å². The fourth-order valence-corrected chi connectivity index (χ4v) is 3.57. The summed E-state index contributed by atoms with van der Waals surface area (Å²) in [6, 6.07) is 9.83. The highest BCUT2D eigenvalue weighted by Gasteiger charge is 2.31. The molecule has 27 heavy (non-hydrogen) atoms. The number of nitrogens with one attached hydrogen (secondary N) is 2. The molecule has 1 aromatic rings. The van der Waals surface area contributed by atoms with E-state index in [9.17, 15) is 9.59 Å².